The average Bonchev–Trinajstić information content (AvgIpc) is 2.79. The number of carbonyl (C=O) groups is 2. The molecule has 1 aliphatic rings. The number of hydrogen-bond donors (Lipinski definition) is 0. The number of ether oxygens (including phenoxy) is 1. The van der Waals surface area contributed by atoms with Crippen molar-refractivity contribution >= 4 is 28.2 Å². The number of rotatable bonds is 5. The first-order chi connectivity index (χ1) is 9.13. The first-order valence-corrected chi connectivity index (χ1v) is 7.44. The number of benzene rings is 1. The van der Waals surface area contributed by atoms with E-state index in [-0.39, 0.29) is 10.8 Å². The van der Waals surface area contributed by atoms with Gasteiger partial charge in [-0.1, -0.05) is 22.0 Å². The second-order valence-electron chi connectivity index (χ2n) is 4.87. The Morgan fingerprint density at radius 1 is 1.47 bits per heavy atom. The molecule has 1 aromatic rings. The molecular formula is C15H17BrO3. The number of aldehydes is 1. The molecule has 2 atom stereocenters. The van der Waals surface area contributed by atoms with Crippen LogP contribution in [-0.2, 0) is 22.4 Å². The molecule has 0 bridgehead atoms. The molecule has 0 heterocycles. The van der Waals surface area contributed by atoms with Crippen molar-refractivity contribution in [2.24, 2.45) is 5.92 Å². The van der Waals surface area contributed by atoms with Crippen LogP contribution in [0.1, 0.15) is 34.8 Å². The summed E-state index contributed by atoms with van der Waals surface area (Å²) in [5, 5.41) is 0. The molecule has 0 saturated carbocycles. The predicted octanol–water partition coefficient (Wildman–Crippen LogP) is 2.93. The molecule has 0 unspecified atom stereocenters. The second-order valence-corrected chi connectivity index (χ2v) is 6.04. The van der Waals surface area contributed by atoms with Crippen LogP contribution in [0.25, 0.3) is 0 Å². The molecule has 0 amide bonds. The second kappa shape index (κ2) is 6.33. The highest BCUT2D eigenvalue weighted by Gasteiger charge is 2.24. The summed E-state index contributed by atoms with van der Waals surface area (Å²) in [5.74, 6) is 0.210. The van der Waals surface area contributed by atoms with Gasteiger partial charge in [-0.05, 0) is 55.4 Å². The van der Waals surface area contributed by atoms with E-state index in [1.54, 1.807) is 6.92 Å². The van der Waals surface area contributed by atoms with Gasteiger partial charge < -0.3 is 9.53 Å². The SMILES string of the molecule is CCOC(=O)c1ccc2c(c1)C[C@H](C[C@@H](Br)C=O)C2. The molecule has 1 aliphatic carbocycles. The van der Waals surface area contributed by atoms with Crippen molar-refractivity contribution in [3.05, 3.63) is 34.9 Å². The highest BCUT2D eigenvalue weighted by molar-refractivity contribution is 9.09. The van der Waals surface area contributed by atoms with Crippen molar-refractivity contribution in [2.75, 3.05) is 6.61 Å². The molecule has 0 spiro atoms. The van der Waals surface area contributed by atoms with Crippen molar-refractivity contribution in [3.63, 3.8) is 0 Å². The lowest BCUT2D eigenvalue weighted by molar-refractivity contribution is -0.107. The molecule has 0 aliphatic heterocycles. The lowest BCUT2D eigenvalue weighted by Gasteiger charge is -2.09. The van der Waals surface area contributed by atoms with E-state index in [4.69, 9.17) is 4.74 Å². The third-order valence-corrected chi connectivity index (χ3v) is 4.03. The summed E-state index contributed by atoms with van der Waals surface area (Å²) in [7, 11) is 0. The molecule has 4 heteroatoms. The lowest BCUT2D eigenvalue weighted by Crippen LogP contribution is -2.09. The van der Waals surface area contributed by atoms with Crippen LogP contribution in [0.3, 0.4) is 0 Å². The third kappa shape index (κ3) is 3.44. The molecule has 102 valence electrons. The summed E-state index contributed by atoms with van der Waals surface area (Å²) in [6.45, 7) is 2.19. The van der Waals surface area contributed by atoms with Gasteiger partial charge in [0, 0.05) is 0 Å². The van der Waals surface area contributed by atoms with Gasteiger partial charge in [0.2, 0.25) is 0 Å². The molecule has 2 rings (SSSR count). The Morgan fingerprint density at radius 2 is 2.21 bits per heavy atom. The zero-order chi connectivity index (χ0) is 13.8. The Labute approximate surface area is 121 Å². The predicted molar refractivity (Wildman–Crippen MR) is 76.7 cm³/mol. The Hall–Kier alpha value is -1.16. The number of carbonyl (C=O) groups excluding carboxylic acids is 2. The minimum Gasteiger partial charge on any atom is -0.462 e. The van der Waals surface area contributed by atoms with Crippen LogP contribution in [0, 0.1) is 5.92 Å². The summed E-state index contributed by atoms with van der Waals surface area (Å²) < 4.78 is 5.00. The van der Waals surface area contributed by atoms with Crippen LogP contribution in [0.5, 0.6) is 0 Å². The topological polar surface area (TPSA) is 43.4 Å². The molecular weight excluding hydrogens is 308 g/mol. The van der Waals surface area contributed by atoms with Gasteiger partial charge in [-0.25, -0.2) is 4.79 Å². The Kier molecular flexibility index (Phi) is 4.75. The largest absolute Gasteiger partial charge is 0.462 e. The van der Waals surface area contributed by atoms with Gasteiger partial charge in [0.15, 0.2) is 0 Å². The van der Waals surface area contributed by atoms with E-state index in [1.807, 2.05) is 18.2 Å². The van der Waals surface area contributed by atoms with Gasteiger partial charge in [0.05, 0.1) is 17.0 Å². The van der Waals surface area contributed by atoms with E-state index >= 15 is 0 Å². The fraction of sp³-hybridized carbons (Fsp3) is 0.467. The molecule has 0 radical (unpaired) electrons. The first kappa shape index (κ1) is 14.3. The molecule has 3 nitrogen and oxygen atoms in total. The summed E-state index contributed by atoms with van der Waals surface area (Å²) in [6, 6.07) is 5.76. The van der Waals surface area contributed by atoms with Crippen LogP contribution >= 0.6 is 15.9 Å². The maximum atomic E-state index is 11.7. The third-order valence-electron chi connectivity index (χ3n) is 3.44. The normalized spacial score (nSPS) is 18.7. The average molecular weight is 325 g/mol. The Morgan fingerprint density at radius 3 is 2.89 bits per heavy atom. The molecule has 0 saturated heterocycles. The number of fused-ring (bicyclic) bond motifs is 1. The minimum atomic E-state index is -0.264. The van der Waals surface area contributed by atoms with E-state index in [2.05, 4.69) is 15.9 Å². The summed E-state index contributed by atoms with van der Waals surface area (Å²) in [4.78, 5) is 22.3. The van der Waals surface area contributed by atoms with Crippen LogP contribution in [0.2, 0.25) is 0 Å². The van der Waals surface area contributed by atoms with Crippen LogP contribution < -0.4 is 0 Å². The summed E-state index contributed by atoms with van der Waals surface area (Å²) in [6.07, 6.45) is 3.69. The van der Waals surface area contributed by atoms with Crippen molar-refractivity contribution in [2.45, 2.75) is 31.0 Å². The number of hydrogen-bond acceptors (Lipinski definition) is 3. The Balaban J connectivity index is 2.07. The molecule has 0 aromatic heterocycles. The Bertz CT molecular complexity index is 484. The van der Waals surface area contributed by atoms with Crippen molar-refractivity contribution < 1.29 is 14.3 Å². The fourth-order valence-corrected chi connectivity index (χ4v) is 3.12. The summed E-state index contributed by atoms with van der Waals surface area (Å²) in [5.41, 5.74) is 3.11. The highest BCUT2D eigenvalue weighted by Crippen LogP contribution is 2.31. The van der Waals surface area contributed by atoms with Gasteiger partial charge in [-0.15, -0.1) is 0 Å². The number of halogens is 1. The smallest absolute Gasteiger partial charge is 0.338 e. The zero-order valence-corrected chi connectivity index (χ0v) is 12.5. The van der Waals surface area contributed by atoms with Gasteiger partial charge >= 0.3 is 5.97 Å². The maximum absolute atomic E-state index is 11.7. The highest BCUT2D eigenvalue weighted by atomic mass is 79.9. The van der Waals surface area contributed by atoms with E-state index in [1.165, 1.54) is 11.1 Å². The van der Waals surface area contributed by atoms with Crippen molar-refractivity contribution in [3.8, 4) is 0 Å². The van der Waals surface area contributed by atoms with E-state index in [9.17, 15) is 9.59 Å². The minimum absolute atomic E-state index is 0.0728. The van der Waals surface area contributed by atoms with Gasteiger partial charge in [0.1, 0.15) is 6.29 Å². The summed E-state index contributed by atoms with van der Waals surface area (Å²) >= 11 is 3.35. The zero-order valence-electron chi connectivity index (χ0n) is 10.9. The quantitative estimate of drug-likeness (QED) is 0.475. The number of esters is 1. The molecule has 1 aromatic carbocycles. The van der Waals surface area contributed by atoms with Crippen LogP contribution in [0.4, 0.5) is 0 Å². The molecule has 19 heavy (non-hydrogen) atoms. The molecule has 0 fully saturated rings. The standard InChI is InChI=1S/C15H17BrO3/c1-2-19-15(18)12-4-3-11-5-10(6-13(11)8-12)7-14(16)9-17/h3-4,8-10,14H,2,5-7H2,1H3/t10-,14-/m1/s1. The number of alkyl halides is 1. The molecule has 0 N–H and O–H groups in total. The van der Waals surface area contributed by atoms with E-state index in [0.717, 1.165) is 25.5 Å². The van der Waals surface area contributed by atoms with E-state index < -0.39 is 0 Å². The van der Waals surface area contributed by atoms with Crippen molar-refractivity contribution in [1.82, 2.24) is 0 Å². The fourth-order valence-electron chi connectivity index (χ4n) is 2.59. The lowest BCUT2D eigenvalue weighted by atomic mass is 10.0. The monoisotopic (exact) mass is 324 g/mol. The van der Waals surface area contributed by atoms with Crippen molar-refractivity contribution in [1.29, 1.82) is 0 Å². The van der Waals surface area contributed by atoms with E-state index in [0.29, 0.717) is 18.1 Å². The first-order valence-electron chi connectivity index (χ1n) is 6.52. The van der Waals surface area contributed by atoms with Gasteiger partial charge in [-0.2, -0.15) is 0 Å². The van der Waals surface area contributed by atoms with Gasteiger partial charge in [-0.3, -0.25) is 0 Å². The van der Waals surface area contributed by atoms with Gasteiger partial charge in [0.25, 0.3) is 0 Å². The van der Waals surface area contributed by atoms with Crippen LogP contribution in [-0.4, -0.2) is 23.7 Å². The maximum Gasteiger partial charge on any atom is 0.338 e. The van der Waals surface area contributed by atoms with Crippen LogP contribution in [0.15, 0.2) is 18.2 Å².